The molecule has 0 bridgehead atoms. The van der Waals surface area contributed by atoms with Crippen molar-refractivity contribution in [3.63, 3.8) is 0 Å². The molecule has 1 saturated heterocycles. The molecule has 1 aliphatic heterocycles. The lowest BCUT2D eigenvalue weighted by Crippen LogP contribution is -2.41. The third kappa shape index (κ3) is 3.21. The summed E-state index contributed by atoms with van der Waals surface area (Å²) < 4.78 is 18.4. The van der Waals surface area contributed by atoms with Gasteiger partial charge in [0.2, 0.25) is 0 Å². The van der Waals surface area contributed by atoms with E-state index in [4.69, 9.17) is 13.9 Å². The second-order valence-electron chi connectivity index (χ2n) is 8.80. The van der Waals surface area contributed by atoms with Crippen LogP contribution < -0.4 is 0 Å². The number of hydrogen-bond acceptors (Lipinski definition) is 3. The summed E-state index contributed by atoms with van der Waals surface area (Å²) in [6.45, 7) is 12.9. The molecule has 2 aliphatic rings. The topological polar surface area (TPSA) is 31.0 Å². The van der Waals surface area contributed by atoms with Crippen molar-refractivity contribution in [3.8, 4) is 0 Å². The first-order chi connectivity index (χ1) is 11.2. The molecule has 134 valence electrons. The number of rotatable bonds is 7. The number of benzene rings is 1. The van der Waals surface area contributed by atoms with Gasteiger partial charge in [-0.05, 0) is 48.0 Å². The fraction of sp³-hybridized carbons (Fsp3) is 0.700. The molecule has 1 saturated carbocycles. The Balaban J connectivity index is 1.88. The summed E-state index contributed by atoms with van der Waals surface area (Å²) in [7, 11) is 0.0637. The van der Waals surface area contributed by atoms with Gasteiger partial charge in [0.05, 0.1) is 13.2 Å². The first kappa shape index (κ1) is 18.1. The quantitative estimate of drug-likeness (QED) is 0.521. The highest BCUT2D eigenvalue weighted by molar-refractivity contribution is 6.74. The molecule has 0 unspecified atom stereocenters. The van der Waals surface area contributed by atoms with Crippen molar-refractivity contribution in [3.05, 3.63) is 35.4 Å². The molecule has 24 heavy (non-hydrogen) atoms. The predicted octanol–water partition coefficient (Wildman–Crippen LogP) is 4.86. The number of epoxide rings is 1. The number of ether oxygens (including phenoxy) is 2. The molecule has 0 radical (unpaired) electrons. The summed E-state index contributed by atoms with van der Waals surface area (Å²) in [5, 5.41) is 0.219. The zero-order valence-electron chi connectivity index (χ0n) is 16.0. The van der Waals surface area contributed by atoms with Crippen LogP contribution >= 0.6 is 0 Å². The largest absolute Gasteiger partial charge is 0.413 e. The Morgan fingerprint density at radius 2 is 1.79 bits per heavy atom. The van der Waals surface area contributed by atoms with E-state index in [-0.39, 0.29) is 16.7 Å². The van der Waals surface area contributed by atoms with Crippen molar-refractivity contribution >= 4 is 8.32 Å². The van der Waals surface area contributed by atoms with E-state index in [0.717, 1.165) is 6.61 Å². The van der Waals surface area contributed by atoms with Crippen molar-refractivity contribution < 1.29 is 13.9 Å². The van der Waals surface area contributed by atoms with Crippen LogP contribution in [0.2, 0.25) is 18.1 Å². The van der Waals surface area contributed by atoms with Crippen molar-refractivity contribution in [1.29, 1.82) is 0 Å². The molecule has 4 heteroatoms. The van der Waals surface area contributed by atoms with E-state index in [0.29, 0.717) is 12.5 Å². The highest BCUT2D eigenvalue weighted by atomic mass is 28.4. The molecule has 1 heterocycles. The Labute approximate surface area is 147 Å². The van der Waals surface area contributed by atoms with Crippen LogP contribution in [0.3, 0.4) is 0 Å². The smallest absolute Gasteiger partial charge is 0.192 e. The molecule has 0 spiro atoms. The zero-order chi connectivity index (χ0) is 17.6. The Morgan fingerprint density at radius 1 is 1.17 bits per heavy atom. The van der Waals surface area contributed by atoms with E-state index in [1.54, 1.807) is 0 Å². The van der Waals surface area contributed by atoms with E-state index in [9.17, 15) is 0 Å². The monoisotopic (exact) mass is 348 g/mol. The van der Waals surface area contributed by atoms with E-state index in [1.807, 2.05) is 7.11 Å². The van der Waals surface area contributed by atoms with E-state index in [2.05, 4.69) is 58.1 Å². The second-order valence-corrected chi connectivity index (χ2v) is 13.6. The summed E-state index contributed by atoms with van der Waals surface area (Å²) in [5.41, 5.74) is 2.25. The molecule has 0 amide bonds. The predicted molar refractivity (Wildman–Crippen MR) is 99.6 cm³/mol. The number of methoxy groups -OCH3 is 1. The Morgan fingerprint density at radius 3 is 2.29 bits per heavy atom. The molecule has 0 N–H and O–H groups in total. The van der Waals surface area contributed by atoms with Crippen LogP contribution in [0.15, 0.2) is 24.3 Å². The number of hydrogen-bond donors (Lipinski definition) is 0. The Kier molecular flexibility index (Phi) is 4.71. The Hall–Kier alpha value is -0.683. The van der Waals surface area contributed by atoms with Gasteiger partial charge in [0.1, 0.15) is 11.7 Å². The van der Waals surface area contributed by atoms with Crippen LogP contribution in [0.4, 0.5) is 0 Å². The van der Waals surface area contributed by atoms with Crippen LogP contribution in [0, 0.1) is 5.92 Å². The van der Waals surface area contributed by atoms with Crippen LogP contribution in [0.1, 0.15) is 44.7 Å². The van der Waals surface area contributed by atoms with Crippen molar-refractivity contribution in [1.82, 2.24) is 0 Å². The lowest BCUT2D eigenvalue weighted by Gasteiger charge is -2.38. The molecule has 1 aromatic carbocycles. The third-order valence-corrected chi connectivity index (χ3v) is 10.6. The minimum atomic E-state index is -1.78. The third-order valence-electron chi connectivity index (χ3n) is 6.17. The van der Waals surface area contributed by atoms with Gasteiger partial charge >= 0.3 is 0 Å². The van der Waals surface area contributed by atoms with E-state index < -0.39 is 8.32 Å². The van der Waals surface area contributed by atoms with Crippen molar-refractivity contribution in [2.75, 3.05) is 13.7 Å². The molecular weight excluding hydrogens is 316 g/mol. The summed E-state index contributed by atoms with van der Waals surface area (Å²) >= 11 is 0. The van der Waals surface area contributed by atoms with Crippen LogP contribution in [0.25, 0.3) is 0 Å². The van der Waals surface area contributed by atoms with Gasteiger partial charge in [-0.1, -0.05) is 45.0 Å². The van der Waals surface area contributed by atoms with Crippen molar-refractivity contribution in [2.45, 2.75) is 70.1 Å². The minimum absolute atomic E-state index is 0.198. The zero-order valence-corrected chi connectivity index (χ0v) is 17.0. The van der Waals surface area contributed by atoms with Crippen LogP contribution in [-0.2, 0) is 26.1 Å². The summed E-state index contributed by atoms with van der Waals surface area (Å²) in [4.78, 5) is 0. The van der Waals surface area contributed by atoms with Gasteiger partial charge in [0.25, 0.3) is 0 Å². The van der Waals surface area contributed by atoms with Gasteiger partial charge < -0.3 is 13.9 Å². The molecule has 0 aromatic heterocycles. The maximum absolute atomic E-state index is 6.50. The standard InChI is InChI=1S/C20H32O3Si/c1-19(2,3)24(5,6)23-13-15-9-7-8-10-17(15)20(21-4,16-11-12-16)18-14-22-18/h7-10,16,18H,11-14H2,1-6H3/t18-,20+/m1/s1. The van der Waals surface area contributed by atoms with Crippen LogP contribution in [0.5, 0.6) is 0 Å². The average Bonchev–Trinajstić information content (AvgIpc) is 3.38. The fourth-order valence-electron chi connectivity index (χ4n) is 3.37. The molecule has 3 nitrogen and oxygen atoms in total. The maximum atomic E-state index is 6.50. The van der Waals surface area contributed by atoms with Gasteiger partial charge in [-0.2, -0.15) is 0 Å². The first-order valence-electron chi connectivity index (χ1n) is 9.11. The first-order valence-corrected chi connectivity index (χ1v) is 12.0. The lowest BCUT2D eigenvalue weighted by atomic mass is 9.82. The van der Waals surface area contributed by atoms with Gasteiger partial charge in [0.15, 0.2) is 8.32 Å². The van der Waals surface area contributed by atoms with Crippen LogP contribution in [-0.4, -0.2) is 28.1 Å². The molecule has 1 aliphatic carbocycles. The van der Waals surface area contributed by atoms with E-state index >= 15 is 0 Å². The molecule has 3 rings (SSSR count). The van der Waals surface area contributed by atoms with Gasteiger partial charge in [-0.25, -0.2) is 0 Å². The summed E-state index contributed by atoms with van der Waals surface area (Å²) in [5.74, 6) is 0.573. The lowest BCUT2D eigenvalue weighted by molar-refractivity contribution is -0.0573. The molecular formula is C20H32O3Si. The van der Waals surface area contributed by atoms with Gasteiger partial charge in [-0.3, -0.25) is 0 Å². The average molecular weight is 349 g/mol. The maximum Gasteiger partial charge on any atom is 0.192 e. The molecule has 1 aromatic rings. The molecule has 2 atom stereocenters. The van der Waals surface area contributed by atoms with E-state index in [1.165, 1.54) is 24.0 Å². The highest BCUT2D eigenvalue weighted by Gasteiger charge is 2.58. The SMILES string of the molecule is CO[C@](c1ccccc1CO[Si](C)(C)C(C)(C)C)(C1CC1)[C@H]1CO1. The summed E-state index contributed by atoms with van der Waals surface area (Å²) in [6.07, 6.45) is 2.65. The Bertz CT molecular complexity index is 571. The normalized spacial score (nSPS) is 23.8. The van der Waals surface area contributed by atoms with Gasteiger partial charge in [-0.15, -0.1) is 0 Å². The fourth-order valence-corrected chi connectivity index (χ4v) is 4.32. The van der Waals surface area contributed by atoms with Gasteiger partial charge in [0, 0.05) is 7.11 Å². The minimum Gasteiger partial charge on any atom is -0.413 e. The summed E-state index contributed by atoms with van der Waals surface area (Å²) in [6, 6.07) is 8.63. The van der Waals surface area contributed by atoms with Crippen molar-refractivity contribution in [2.24, 2.45) is 5.92 Å². The second kappa shape index (κ2) is 6.24. The molecule has 2 fully saturated rings. The highest BCUT2D eigenvalue weighted by Crippen LogP contribution is 2.54.